The number of carbonyl (C=O) groups is 1. The molecule has 1 amide bonds. The van der Waals surface area contributed by atoms with E-state index in [1.807, 2.05) is 18.2 Å². The van der Waals surface area contributed by atoms with Crippen molar-refractivity contribution in [2.24, 2.45) is 0 Å². The highest BCUT2D eigenvalue weighted by Gasteiger charge is 2.08. The van der Waals surface area contributed by atoms with Crippen LogP contribution in [0.25, 0.3) is 0 Å². The van der Waals surface area contributed by atoms with Gasteiger partial charge in [0.2, 0.25) is 0 Å². The summed E-state index contributed by atoms with van der Waals surface area (Å²) in [5, 5.41) is 2.91. The van der Waals surface area contributed by atoms with Gasteiger partial charge in [0.1, 0.15) is 11.4 Å². The van der Waals surface area contributed by atoms with Gasteiger partial charge in [0.25, 0.3) is 5.91 Å². The topological polar surface area (TPSA) is 57.4 Å². The summed E-state index contributed by atoms with van der Waals surface area (Å²) in [6.45, 7) is 2.27. The molecule has 0 fully saturated rings. The van der Waals surface area contributed by atoms with Crippen LogP contribution in [0.15, 0.2) is 39.4 Å². The predicted octanol–water partition coefficient (Wildman–Crippen LogP) is 4.26. The largest absolute Gasteiger partial charge is 0.492 e. The molecular formula is C18H24Br2ClN3O2. The zero-order valence-electron chi connectivity index (χ0n) is 14.9. The van der Waals surface area contributed by atoms with Gasteiger partial charge in [0.05, 0.1) is 11.1 Å². The highest BCUT2D eigenvalue weighted by atomic mass is 79.9. The zero-order valence-corrected chi connectivity index (χ0v) is 18.8. The summed E-state index contributed by atoms with van der Waals surface area (Å²) in [4.78, 5) is 17.0. The van der Waals surface area contributed by atoms with Crippen molar-refractivity contribution in [1.82, 2.24) is 15.2 Å². The van der Waals surface area contributed by atoms with Gasteiger partial charge in [-0.15, -0.1) is 12.4 Å². The Balaban J connectivity index is 0.00000338. The molecule has 0 aliphatic rings. The summed E-state index contributed by atoms with van der Waals surface area (Å²) >= 11 is 6.87. The van der Waals surface area contributed by atoms with E-state index < -0.39 is 0 Å². The van der Waals surface area contributed by atoms with Crippen LogP contribution in [0.2, 0.25) is 0 Å². The highest BCUT2D eigenvalue weighted by Crippen LogP contribution is 2.26. The fourth-order valence-corrected chi connectivity index (χ4v) is 3.18. The molecule has 1 aromatic carbocycles. The van der Waals surface area contributed by atoms with Crippen LogP contribution in [0.5, 0.6) is 5.75 Å². The summed E-state index contributed by atoms with van der Waals surface area (Å²) in [5.74, 6) is 0.744. The van der Waals surface area contributed by atoms with Crippen LogP contribution >= 0.6 is 44.3 Å². The van der Waals surface area contributed by atoms with Crippen molar-refractivity contribution >= 4 is 50.2 Å². The molecule has 0 atom stereocenters. The molecule has 2 rings (SSSR count). The van der Waals surface area contributed by atoms with Crippen LogP contribution in [-0.4, -0.2) is 49.6 Å². The maximum absolute atomic E-state index is 12.0. The molecule has 0 saturated carbocycles. The lowest BCUT2D eigenvalue weighted by Crippen LogP contribution is -2.25. The molecule has 1 aromatic heterocycles. The molecule has 0 aliphatic heterocycles. The number of carbonyl (C=O) groups excluding carboxylic acids is 1. The smallest absolute Gasteiger partial charge is 0.267 e. The van der Waals surface area contributed by atoms with Gasteiger partial charge >= 0.3 is 0 Å². The van der Waals surface area contributed by atoms with E-state index in [9.17, 15) is 4.79 Å². The van der Waals surface area contributed by atoms with Crippen LogP contribution in [-0.2, 0) is 6.42 Å². The molecule has 0 spiro atoms. The monoisotopic (exact) mass is 507 g/mol. The Hall–Kier alpha value is -1.02. The zero-order chi connectivity index (χ0) is 18.2. The van der Waals surface area contributed by atoms with Crippen LogP contribution < -0.4 is 10.1 Å². The standard InChI is InChI=1S/C18H23Br2N3O2.ClH/c1-23(2)8-3-9-25-17-5-4-13(10-15(17)20)6-7-21-18(24)16-11-14(19)12-22-16;/h4-5,10-12,22H,3,6-9H2,1-2H3,(H,21,24);1H. The lowest BCUT2D eigenvalue weighted by Gasteiger charge is -2.12. The minimum absolute atomic E-state index is 0. The highest BCUT2D eigenvalue weighted by molar-refractivity contribution is 9.10. The molecule has 0 radical (unpaired) electrons. The van der Waals surface area contributed by atoms with Gasteiger partial charge in [0.15, 0.2) is 0 Å². The van der Waals surface area contributed by atoms with Crippen LogP contribution in [0, 0.1) is 0 Å². The average Bonchev–Trinajstić information content (AvgIpc) is 2.99. The summed E-state index contributed by atoms with van der Waals surface area (Å²) in [6, 6.07) is 7.80. The van der Waals surface area contributed by atoms with Crippen LogP contribution in [0.3, 0.4) is 0 Å². The fourth-order valence-electron chi connectivity index (χ4n) is 2.29. The number of nitrogens with one attached hydrogen (secondary N) is 2. The molecular weight excluding hydrogens is 485 g/mol. The lowest BCUT2D eigenvalue weighted by atomic mass is 10.1. The van der Waals surface area contributed by atoms with Crippen LogP contribution in [0.1, 0.15) is 22.5 Å². The van der Waals surface area contributed by atoms with Crippen molar-refractivity contribution in [1.29, 1.82) is 0 Å². The van der Waals surface area contributed by atoms with Gasteiger partial charge in [-0.1, -0.05) is 6.07 Å². The molecule has 2 aromatic rings. The normalized spacial score (nSPS) is 10.5. The molecule has 5 nitrogen and oxygen atoms in total. The molecule has 0 aliphatic carbocycles. The number of rotatable bonds is 9. The van der Waals surface area contributed by atoms with E-state index in [0.717, 1.165) is 39.6 Å². The second-order valence-corrected chi connectivity index (χ2v) is 7.78. The maximum Gasteiger partial charge on any atom is 0.267 e. The van der Waals surface area contributed by atoms with E-state index in [-0.39, 0.29) is 18.3 Å². The number of aromatic amines is 1. The van der Waals surface area contributed by atoms with Crippen molar-refractivity contribution in [2.45, 2.75) is 12.8 Å². The SMILES string of the molecule is CN(C)CCCOc1ccc(CCNC(=O)c2cc(Br)c[nH]2)cc1Br.Cl. The number of halogens is 3. The summed E-state index contributed by atoms with van der Waals surface area (Å²) in [6.07, 6.45) is 3.48. The Morgan fingerprint density at radius 3 is 2.65 bits per heavy atom. The van der Waals surface area contributed by atoms with Gasteiger partial charge in [0, 0.05) is 23.8 Å². The van der Waals surface area contributed by atoms with Crippen LogP contribution in [0.4, 0.5) is 0 Å². The lowest BCUT2D eigenvalue weighted by molar-refractivity contribution is 0.0950. The Bertz CT molecular complexity index is 707. The first-order valence-electron chi connectivity index (χ1n) is 8.14. The quantitative estimate of drug-likeness (QED) is 0.497. The summed E-state index contributed by atoms with van der Waals surface area (Å²) in [5.41, 5.74) is 1.69. The van der Waals surface area contributed by atoms with Crippen molar-refractivity contribution in [3.05, 3.63) is 50.7 Å². The summed E-state index contributed by atoms with van der Waals surface area (Å²) < 4.78 is 7.60. The first-order chi connectivity index (χ1) is 12.0. The third-order valence-corrected chi connectivity index (χ3v) is 4.67. The van der Waals surface area contributed by atoms with Crippen molar-refractivity contribution in [2.75, 3.05) is 33.8 Å². The number of aromatic nitrogens is 1. The molecule has 8 heteroatoms. The predicted molar refractivity (Wildman–Crippen MR) is 115 cm³/mol. The first kappa shape index (κ1) is 23.0. The molecule has 144 valence electrons. The second-order valence-electron chi connectivity index (χ2n) is 6.01. The number of benzene rings is 1. The number of hydrogen-bond acceptors (Lipinski definition) is 3. The average molecular weight is 510 g/mol. The Kier molecular flexibility index (Phi) is 10.3. The van der Waals surface area contributed by atoms with E-state index >= 15 is 0 Å². The number of ether oxygens (including phenoxy) is 1. The van der Waals surface area contributed by atoms with Crippen molar-refractivity contribution < 1.29 is 9.53 Å². The Morgan fingerprint density at radius 2 is 2.04 bits per heavy atom. The van der Waals surface area contributed by atoms with E-state index in [1.54, 1.807) is 12.3 Å². The number of H-pyrrole nitrogens is 1. The van der Waals surface area contributed by atoms with Gasteiger partial charge in [-0.05, 0) is 82.6 Å². The van der Waals surface area contributed by atoms with Gasteiger partial charge in [-0.3, -0.25) is 4.79 Å². The number of nitrogens with zero attached hydrogens (tertiary/aromatic N) is 1. The Morgan fingerprint density at radius 1 is 1.27 bits per heavy atom. The third-order valence-electron chi connectivity index (χ3n) is 3.60. The third kappa shape index (κ3) is 7.70. The van der Waals surface area contributed by atoms with Gasteiger partial charge in [-0.25, -0.2) is 0 Å². The van der Waals surface area contributed by atoms with E-state index in [0.29, 0.717) is 18.8 Å². The molecule has 26 heavy (non-hydrogen) atoms. The van der Waals surface area contributed by atoms with E-state index in [1.165, 1.54) is 0 Å². The minimum Gasteiger partial charge on any atom is -0.492 e. The van der Waals surface area contributed by atoms with E-state index in [2.05, 4.69) is 61.2 Å². The number of hydrogen-bond donors (Lipinski definition) is 2. The molecule has 1 heterocycles. The van der Waals surface area contributed by atoms with Gasteiger partial charge in [-0.2, -0.15) is 0 Å². The first-order valence-corrected chi connectivity index (χ1v) is 9.72. The summed E-state index contributed by atoms with van der Waals surface area (Å²) in [7, 11) is 4.11. The van der Waals surface area contributed by atoms with Crippen molar-refractivity contribution in [3.8, 4) is 5.75 Å². The molecule has 0 bridgehead atoms. The van der Waals surface area contributed by atoms with Crippen molar-refractivity contribution in [3.63, 3.8) is 0 Å². The van der Waals surface area contributed by atoms with E-state index in [4.69, 9.17) is 4.74 Å². The molecule has 2 N–H and O–H groups in total. The maximum atomic E-state index is 12.0. The Labute approximate surface area is 177 Å². The molecule has 0 saturated heterocycles. The molecule has 0 unspecified atom stereocenters. The van der Waals surface area contributed by atoms with Gasteiger partial charge < -0.3 is 19.9 Å². The number of amides is 1. The minimum atomic E-state index is -0.106. The fraction of sp³-hybridized carbons (Fsp3) is 0.389. The second kappa shape index (κ2) is 11.6.